The standard InChI is InChI=1S/C19H21N5O/c1-15-5-2-3-6-17(15)19(16-8-10-20-11-9-16)23-18(25)7-4-12-24-14-21-13-22-24/h2-3,5-6,8-11,13-14,19H,4,7,12H2,1H3,(H,23,25)/t19-/m0/s1. The molecule has 1 amide bonds. The van der Waals surface area contributed by atoms with Gasteiger partial charge in [-0.15, -0.1) is 0 Å². The Bertz CT molecular complexity index is 802. The number of carbonyl (C=O) groups excluding carboxylic acids is 1. The fraction of sp³-hybridized carbons (Fsp3) is 0.263. The van der Waals surface area contributed by atoms with Crippen molar-refractivity contribution < 1.29 is 4.79 Å². The number of carbonyl (C=O) groups is 1. The van der Waals surface area contributed by atoms with Crippen molar-refractivity contribution in [3.63, 3.8) is 0 Å². The zero-order valence-electron chi connectivity index (χ0n) is 14.2. The summed E-state index contributed by atoms with van der Waals surface area (Å²) in [5, 5.41) is 7.21. The van der Waals surface area contributed by atoms with Crippen LogP contribution in [-0.2, 0) is 11.3 Å². The van der Waals surface area contributed by atoms with Gasteiger partial charge in [-0.1, -0.05) is 24.3 Å². The van der Waals surface area contributed by atoms with E-state index < -0.39 is 0 Å². The molecule has 0 aliphatic rings. The van der Waals surface area contributed by atoms with Crippen molar-refractivity contribution in [2.45, 2.75) is 32.4 Å². The number of aromatic nitrogens is 4. The third-order valence-electron chi connectivity index (χ3n) is 4.10. The molecule has 6 nitrogen and oxygen atoms in total. The molecule has 2 heterocycles. The van der Waals surface area contributed by atoms with Gasteiger partial charge in [-0.3, -0.25) is 14.5 Å². The molecule has 1 atom stereocenters. The molecular formula is C19H21N5O. The van der Waals surface area contributed by atoms with Crippen molar-refractivity contribution in [2.75, 3.05) is 0 Å². The second-order valence-corrected chi connectivity index (χ2v) is 5.90. The van der Waals surface area contributed by atoms with Crippen LogP contribution in [0.1, 0.15) is 35.6 Å². The van der Waals surface area contributed by atoms with E-state index in [9.17, 15) is 4.79 Å². The molecule has 0 bridgehead atoms. The van der Waals surface area contributed by atoms with Gasteiger partial charge < -0.3 is 5.32 Å². The van der Waals surface area contributed by atoms with Crippen LogP contribution in [0.4, 0.5) is 0 Å². The Kier molecular flexibility index (Phi) is 5.51. The van der Waals surface area contributed by atoms with E-state index in [4.69, 9.17) is 0 Å². The Morgan fingerprint density at radius 3 is 2.68 bits per heavy atom. The highest BCUT2D eigenvalue weighted by Gasteiger charge is 2.18. The first-order valence-electron chi connectivity index (χ1n) is 8.31. The highest BCUT2D eigenvalue weighted by atomic mass is 16.1. The van der Waals surface area contributed by atoms with Crippen molar-refractivity contribution in [1.29, 1.82) is 0 Å². The maximum atomic E-state index is 12.5. The first-order chi connectivity index (χ1) is 12.2. The Morgan fingerprint density at radius 2 is 1.96 bits per heavy atom. The van der Waals surface area contributed by atoms with Gasteiger partial charge in [0.25, 0.3) is 0 Å². The fourth-order valence-electron chi connectivity index (χ4n) is 2.79. The van der Waals surface area contributed by atoms with Gasteiger partial charge in [0.05, 0.1) is 6.04 Å². The molecule has 3 aromatic rings. The number of aryl methyl sites for hydroxylation is 2. The Balaban J connectivity index is 1.69. The monoisotopic (exact) mass is 335 g/mol. The molecule has 3 rings (SSSR count). The number of pyridine rings is 1. The molecule has 1 N–H and O–H groups in total. The van der Waals surface area contributed by atoms with E-state index in [-0.39, 0.29) is 11.9 Å². The van der Waals surface area contributed by atoms with Crippen molar-refractivity contribution in [3.8, 4) is 0 Å². The van der Waals surface area contributed by atoms with Gasteiger partial charge in [-0.25, -0.2) is 4.98 Å². The number of hydrogen-bond donors (Lipinski definition) is 1. The summed E-state index contributed by atoms with van der Waals surface area (Å²) in [7, 11) is 0. The third kappa shape index (κ3) is 4.50. The minimum atomic E-state index is -0.178. The van der Waals surface area contributed by atoms with E-state index in [0.717, 1.165) is 16.7 Å². The van der Waals surface area contributed by atoms with Gasteiger partial charge in [0, 0.05) is 25.4 Å². The summed E-state index contributed by atoms with van der Waals surface area (Å²) in [6, 6.07) is 11.8. The van der Waals surface area contributed by atoms with Gasteiger partial charge in [0.15, 0.2) is 0 Å². The molecule has 0 saturated carbocycles. The van der Waals surface area contributed by atoms with Crippen LogP contribution in [0.3, 0.4) is 0 Å². The summed E-state index contributed by atoms with van der Waals surface area (Å²) in [6.45, 7) is 2.73. The van der Waals surface area contributed by atoms with Crippen molar-refractivity contribution >= 4 is 5.91 Å². The second-order valence-electron chi connectivity index (χ2n) is 5.90. The summed E-state index contributed by atoms with van der Waals surface area (Å²) < 4.78 is 1.73. The van der Waals surface area contributed by atoms with Crippen LogP contribution in [0.2, 0.25) is 0 Å². The van der Waals surface area contributed by atoms with Crippen LogP contribution in [0.25, 0.3) is 0 Å². The molecule has 0 saturated heterocycles. The predicted octanol–water partition coefficient (Wildman–Crippen LogP) is 2.67. The van der Waals surface area contributed by atoms with Gasteiger partial charge in [-0.05, 0) is 42.2 Å². The molecule has 6 heteroatoms. The minimum absolute atomic E-state index is 0.0187. The lowest BCUT2D eigenvalue weighted by Crippen LogP contribution is -2.29. The van der Waals surface area contributed by atoms with Crippen LogP contribution in [0, 0.1) is 6.92 Å². The van der Waals surface area contributed by atoms with E-state index in [2.05, 4.69) is 39.4 Å². The average Bonchev–Trinajstić information content (AvgIpc) is 3.15. The maximum absolute atomic E-state index is 12.5. The summed E-state index contributed by atoms with van der Waals surface area (Å²) in [4.78, 5) is 20.4. The van der Waals surface area contributed by atoms with Crippen LogP contribution in [0.15, 0.2) is 61.4 Å². The molecule has 25 heavy (non-hydrogen) atoms. The van der Waals surface area contributed by atoms with Crippen molar-refractivity contribution in [3.05, 3.63) is 78.1 Å². The minimum Gasteiger partial charge on any atom is -0.345 e. The van der Waals surface area contributed by atoms with Gasteiger partial charge in [0.1, 0.15) is 12.7 Å². The first kappa shape index (κ1) is 16.8. The lowest BCUT2D eigenvalue weighted by Gasteiger charge is -2.21. The average molecular weight is 335 g/mol. The number of nitrogens with one attached hydrogen (secondary N) is 1. The van der Waals surface area contributed by atoms with Crippen molar-refractivity contribution in [1.82, 2.24) is 25.1 Å². The molecule has 0 aliphatic carbocycles. The molecule has 0 unspecified atom stereocenters. The second kappa shape index (κ2) is 8.19. The zero-order valence-corrected chi connectivity index (χ0v) is 14.2. The highest BCUT2D eigenvalue weighted by molar-refractivity contribution is 5.77. The maximum Gasteiger partial charge on any atom is 0.220 e. The molecule has 0 spiro atoms. The topological polar surface area (TPSA) is 72.7 Å². The largest absolute Gasteiger partial charge is 0.345 e. The summed E-state index contributed by atoms with van der Waals surface area (Å²) in [6.07, 6.45) is 7.80. The third-order valence-corrected chi connectivity index (χ3v) is 4.10. The quantitative estimate of drug-likeness (QED) is 0.720. The molecule has 0 aliphatic heterocycles. The Hall–Kier alpha value is -3.02. The fourth-order valence-corrected chi connectivity index (χ4v) is 2.79. The van der Waals surface area contributed by atoms with E-state index in [0.29, 0.717) is 19.4 Å². The molecule has 0 radical (unpaired) electrons. The lowest BCUT2D eigenvalue weighted by molar-refractivity contribution is -0.121. The number of hydrogen-bond acceptors (Lipinski definition) is 4. The van der Waals surface area contributed by atoms with Gasteiger partial charge in [-0.2, -0.15) is 5.10 Å². The van der Waals surface area contributed by atoms with Crippen LogP contribution < -0.4 is 5.32 Å². The van der Waals surface area contributed by atoms with Crippen molar-refractivity contribution in [2.24, 2.45) is 0 Å². The number of amides is 1. The van der Waals surface area contributed by atoms with E-state index >= 15 is 0 Å². The van der Waals surface area contributed by atoms with E-state index in [1.165, 1.54) is 6.33 Å². The van der Waals surface area contributed by atoms with E-state index in [1.807, 2.05) is 24.3 Å². The Labute approximate surface area is 146 Å². The number of nitrogens with zero attached hydrogens (tertiary/aromatic N) is 4. The summed E-state index contributed by atoms with van der Waals surface area (Å²) in [5.41, 5.74) is 3.26. The summed E-state index contributed by atoms with van der Waals surface area (Å²) in [5.74, 6) is 0.0187. The normalized spacial score (nSPS) is 11.9. The Morgan fingerprint density at radius 1 is 1.16 bits per heavy atom. The van der Waals surface area contributed by atoms with Crippen LogP contribution >= 0.6 is 0 Å². The first-order valence-corrected chi connectivity index (χ1v) is 8.31. The number of rotatable bonds is 7. The predicted molar refractivity (Wildman–Crippen MR) is 94.7 cm³/mol. The molecule has 1 aromatic carbocycles. The SMILES string of the molecule is Cc1ccccc1[C@@H](NC(=O)CCCn1cncn1)c1ccncc1. The number of benzene rings is 1. The van der Waals surface area contributed by atoms with E-state index in [1.54, 1.807) is 23.4 Å². The molecular weight excluding hydrogens is 314 g/mol. The lowest BCUT2D eigenvalue weighted by atomic mass is 9.95. The van der Waals surface area contributed by atoms with Gasteiger partial charge >= 0.3 is 0 Å². The van der Waals surface area contributed by atoms with Crippen LogP contribution in [0.5, 0.6) is 0 Å². The zero-order chi connectivity index (χ0) is 17.5. The van der Waals surface area contributed by atoms with Gasteiger partial charge in [0.2, 0.25) is 5.91 Å². The molecule has 0 fully saturated rings. The molecule has 128 valence electrons. The smallest absolute Gasteiger partial charge is 0.220 e. The van der Waals surface area contributed by atoms with Crippen LogP contribution in [-0.4, -0.2) is 25.7 Å². The summed E-state index contributed by atoms with van der Waals surface area (Å²) >= 11 is 0. The highest BCUT2D eigenvalue weighted by Crippen LogP contribution is 2.24. The molecule has 2 aromatic heterocycles.